The van der Waals surface area contributed by atoms with Gasteiger partial charge >= 0.3 is 80.8 Å². The smallest absolute Gasteiger partial charge is 0.870 e. The van der Waals surface area contributed by atoms with Crippen LogP contribution in [0.4, 0.5) is 0 Å². The summed E-state index contributed by atoms with van der Waals surface area (Å²) >= 11 is 0. The molecule has 0 saturated heterocycles. The van der Waals surface area contributed by atoms with E-state index in [1.54, 1.807) is 61.0 Å². The Labute approximate surface area is 450 Å². The number of rotatable bonds is 8. The SMILES string of the molecule is CC#N.CC#N.COc1cccc(CN=Cc2ccc3ccccc3n2)c1[O-].COc1cccc(CN=Cc2ccc3ccccc3n2)c1[O-].O=[N+]([O-])[O-].O=[N+]([O-])[O-].O=[N+]([O-])[O-].O=[N+]([O-])[O-].[Sm+3].[Sm+3]. The summed E-state index contributed by atoms with van der Waals surface area (Å²) in [6.45, 7) is 3.48. The maximum absolute atomic E-state index is 12.0. The number of nitrogens with zero attached hydrogens (tertiary/aromatic N) is 10. The van der Waals surface area contributed by atoms with Gasteiger partial charge in [-0.2, -0.15) is 10.5 Å². The second-order valence-electron chi connectivity index (χ2n) is 11.0. The maximum Gasteiger partial charge on any atom is 3.00 e. The van der Waals surface area contributed by atoms with Crippen molar-refractivity contribution in [2.24, 2.45) is 9.98 Å². The van der Waals surface area contributed by atoms with Gasteiger partial charge in [-0.1, -0.05) is 84.3 Å². The van der Waals surface area contributed by atoms with Gasteiger partial charge in [0, 0.05) is 37.0 Å². The normalized spacial score (nSPS) is 8.85. The quantitative estimate of drug-likeness (QED) is 0.0961. The van der Waals surface area contributed by atoms with Crippen molar-refractivity contribution in [1.29, 1.82) is 10.5 Å². The first-order valence-corrected chi connectivity index (χ1v) is 17.6. The summed E-state index contributed by atoms with van der Waals surface area (Å²) in [5.41, 5.74) is 4.62. The van der Waals surface area contributed by atoms with Crippen LogP contribution in [0.5, 0.6) is 23.0 Å². The van der Waals surface area contributed by atoms with E-state index in [0.29, 0.717) is 35.7 Å². The number of benzene rings is 4. The van der Waals surface area contributed by atoms with Crippen molar-refractivity contribution in [1.82, 2.24) is 9.97 Å². The van der Waals surface area contributed by atoms with E-state index in [1.165, 1.54) is 28.1 Å². The fourth-order valence-corrected chi connectivity index (χ4v) is 4.48. The molecule has 354 valence electrons. The number of hydrogen-bond acceptors (Lipinski definition) is 22. The van der Waals surface area contributed by atoms with Gasteiger partial charge in [-0.3, -0.25) is 9.98 Å². The van der Waals surface area contributed by atoms with Crippen LogP contribution in [-0.2, 0) is 13.1 Å². The largest absolute Gasteiger partial charge is 3.00 e. The molecule has 0 spiro atoms. The molecular weight excluding hydrogens is 1180 g/mol. The van der Waals surface area contributed by atoms with Gasteiger partial charge in [0.15, 0.2) is 0 Å². The van der Waals surface area contributed by atoms with Gasteiger partial charge in [-0.15, -0.1) is 0 Å². The number of ether oxygens (including phenoxy) is 2. The van der Waals surface area contributed by atoms with Crippen molar-refractivity contribution >= 4 is 34.2 Å². The Hall–Kier alpha value is -7.30. The van der Waals surface area contributed by atoms with Gasteiger partial charge < -0.3 is 81.0 Å². The molecule has 28 heteroatoms. The molecule has 0 aliphatic carbocycles. The third-order valence-corrected chi connectivity index (χ3v) is 6.77. The Kier molecular flexibility index (Phi) is 40.7. The Bertz CT molecular complexity index is 2380. The third-order valence-electron chi connectivity index (χ3n) is 6.77. The Morgan fingerprint density at radius 1 is 0.515 bits per heavy atom. The molecule has 0 unspecified atom stereocenters. The summed E-state index contributed by atoms with van der Waals surface area (Å²) in [7, 11) is 2.98. The van der Waals surface area contributed by atoms with Crippen molar-refractivity contribution in [3.63, 3.8) is 0 Å². The third kappa shape index (κ3) is 33.2. The molecular formula is C40H36N10O16Sm2. The number of nitriles is 2. The van der Waals surface area contributed by atoms with E-state index >= 15 is 0 Å². The van der Waals surface area contributed by atoms with E-state index in [2.05, 4.69) is 20.0 Å². The summed E-state index contributed by atoms with van der Waals surface area (Å²) in [5, 5.41) is 99.8. The van der Waals surface area contributed by atoms with Crippen LogP contribution in [0.25, 0.3) is 21.8 Å². The number of aromatic nitrogens is 2. The average Bonchev–Trinajstić information content (AvgIpc) is 3.25. The Morgan fingerprint density at radius 3 is 1.07 bits per heavy atom. The average molecular weight is 1210 g/mol. The Morgan fingerprint density at radius 2 is 0.794 bits per heavy atom. The molecule has 0 atom stereocenters. The number of hydrogen-bond donors (Lipinski definition) is 0. The molecule has 6 aromatic rings. The molecule has 0 aliphatic heterocycles. The van der Waals surface area contributed by atoms with Crippen LogP contribution in [0.3, 0.4) is 0 Å². The standard InChI is InChI=1S/2C18H16N2O2.2C2H3N.4NO3.2Sm/c2*1-22-17-8-4-6-14(18(17)21)11-19-12-15-10-9-13-5-2-3-7-16(13)20-15;2*1-2-3;4*2-1(3)4;;/h2*2-10,12,21H,11H2,1H3;2*1H3;;;;;;/q;;;;4*-1;2*+3/p-2. The predicted molar refractivity (Wildman–Crippen MR) is 235 cm³/mol. The number of methoxy groups -OCH3 is 2. The summed E-state index contributed by atoms with van der Waals surface area (Å²) < 4.78 is 10.0. The molecule has 0 aliphatic rings. The van der Waals surface area contributed by atoms with E-state index in [4.69, 9.17) is 81.3 Å². The van der Waals surface area contributed by atoms with Crippen LogP contribution >= 0.6 is 0 Å². The topological polar surface area (TPSA) is 427 Å². The fraction of sp³-hybridized carbons (Fsp3) is 0.150. The van der Waals surface area contributed by atoms with E-state index in [-0.39, 0.29) is 92.3 Å². The first-order chi connectivity index (χ1) is 31.3. The minimum atomic E-state index is -1.75. The van der Waals surface area contributed by atoms with Crippen LogP contribution in [0.15, 0.2) is 119 Å². The number of para-hydroxylation sites is 4. The van der Waals surface area contributed by atoms with Gasteiger partial charge in [0.1, 0.15) is 11.5 Å². The van der Waals surface area contributed by atoms with Crippen LogP contribution in [-0.4, -0.2) is 57.0 Å². The van der Waals surface area contributed by atoms with Crippen LogP contribution in [0.2, 0.25) is 0 Å². The van der Waals surface area contributed by atoms with Gasteiger partial charge in [0.05, 0.1) is 82.2 Å². The van der Waals surface area contributed by atoms with Crippen molar-refractivity contribution in [2.75, 3.05) is 14.2 Å². The molecule has 2 aromatic heterocycles. The number of pyridine rings is 2. The monoisotopic (exact) mass is 1220 g/mol. The molecule has 26 nitrogen and oxygen atoms in total. The maximum atomic E-state index is 12.0. The van der Waals surface area contributed by atoms with Gasteiger partial charge in [0.25, 0.3) is 0 Å². The summed E-state index contributed by atoms with van der Waals surface area (Å²) in [5.74, 6) is 0.454. The molecule has 68 heavy (non-hydrogen) atoms. The number of aliphatic imine (C=N–C) groups is 2. The number of fused-ring (bicyclic) bond motifs is 2. The van der Waals surface area contributed by atoms with Crippen LogP contribution < -0.4 is 19.7 Å². The molecule has 0 fully saturated rings. The molecule has 0 amide bonds. The first kappa shape index (κ1) is 67.3. The van der Waals surface area contributed by atoms with Crippen molar-refractivity contribution in [3.8, 4) is 35.1 Å². The Balaban J connectivity index is -0.000000414. The van der Waals surface area contributed by atoms with E-state index in [9.17, 15) is 10.2 Å². The second kappa shape index (κ2) is 41.1. The molecule has 0 bridgehead atoms. The van der Waals surface area contributed by atoms with E-state index < -0.39 is 20.3 Å². The van der Waals surface area contributed by atoms with Gasteiger partial charge in [-0.25, -0.2) is 9.97 Å². The minimum Gasteiger partial charge on any atom is -0.870 e. The van der Waals surface area contributed by atoms with Crippen LogP contribution in [0, 0.1) is 165 Å². The zero-order valence-electron chi connectivity index (χ0n) is 35.8. The van der Waals surface area contributed by atoms with E-state index in [0.717, 1.165) is 33.2 Å². The molecule has 0 saturated carbocycles. The van der Waals surface area contributed by atoms with Crippen molar-refractivity contribution in [2.45, 2.75) is 26.9 Å². The van der Waals surface area contributed by atoms with Gasteiger partial charge in [-0.05, 0) is 47.5 Å². The fourth-order valence-electron chi connectivity index (χ4n) is 4.48. The molecule has 4 aromatic carbocycles. The summed E-state index contributed by atoms with van der Waals surface area (Å²) in [6, 6.07) is 37.6. The first-order valence-electron chi connectivity index (χ1n) is 17.6. The zero-order chi connectivity index (χ0) is 50.5. The molecule has 0 N–H and O–H groups in total. The minimum absolute atomic E-state index is 0. The molecule has 2 heterocycles. The van der Waals surface area contributed by atoms with Gasteiger partial charge in [0.2, 0.25) is 0 Å². The van der Waals surface area contributed by atoms with E-state index in [1.807, 2.05) is 72.8 Å². The zero-order valence-corrected chi connectivity index (χ0v) is 41.0. The van der Waals surface area contributed by atoms with Crippen LogP contribution in [0.1, 0.15) is 36.4 Å². The van der Waals surface area contributed by atoms with Crippen molar-refractivity contribution < 1.29 is 121 Å². The summed E-state index contributed by atoms with van der Waals surface area (Å²) in [6.07, 6.45) is 3.37. The molecule has 2 radical (unpaired) electrons. The van der Waals surface area contributed by atoms with Crippen molar-refractivity contribution in [3.05, 3.63) is 193 Å². The summed E-state index contributed by atoms with van der Waals surface area (Å²) in [4.78, 5) is 50.6. The predicted octanol–water partition coefficient (Wildman–Crippen LogP) is 5.98. The second-order valence-corrected chi connectivity index (χ2v) is 11.0. The molecule has 6 rings (SSSR count).